The van der Waals surface area contributed by atoms with Gasteiger partial charge in [-0.05, 0) is 29.5 Å². The third-order valence-electron chi connectivity index (χ3n) is 6.12. The molecule has 0 saturated carbocycles. The molecule has 3 N–H and O–H groups in total. The Morgan fingerprint density at radius 2 is 2.07 bits per heavy atom. The highest BCUT2D eigenvalue weighted by Gasteiger charge is 2.39. The number of amides is 3. The van der Waals surface area contributed by atoms with Crippen molar-refractivity contribution in [1.82, 2.24) is 20.0 Å². The van der Waals surface area contributed by atoms with Crippen LogP contribution in [0.25, 0.3) is 0 Å². The molecule has 0 spiro atoms. The molecule has 1 fully saturated rings. The number of aromatic nitrogens is 2. The van der Waals surface area contributed by atoms with Crippen molar-refractivity contribution in [1.29, 1.82) is 0 Å². The van der Waals surface area contributed by atoms with E-state index in [4.69, 9.17) is 5.73 Å². The van der Waals surface area contributed by atoms with Crippen molar-refractivity contribution >= 4 is 29.2 Å². The van der Waals surface area contributed by atoms with E-state index in [1.165, 1.54) is 0 Å². The summed E-state index contributed by atoms with van der Waals surface area (Å²) in [7, 11) is 0. The molecule has 30 heavy (non-hydrogen) atoms. The van der Waals surface area contributed by atoms with Gasteiger partial charge in [0, 0.05) is 38.2 Å². The van der Waals surface area contributed by atoms with Crippen LogP contribution < -0.4 is 16.0 Å². The predicted octanol–water partition coefficient (Wildman–Crippen LogP) is 0.883. The molecule has 2 unspecified atom stereocenters. The number of piperidine rings is 1. The van der Waals surface area contributed by atoms with E-state index in [2.05, 4.69) is 22.2 Å². The molecule has 5 rings (SSSR count). The van der Waals surface area contributed by atoms with Crippen molar-refractivity contribution in [2.75, 3.05) is 17.2 Å². The molecule has 4 heterocycles. The highest BCUT2D eigenvalue weighted by molar-refractivity contribution is 6.05. The Bertz CT molecular complexity index is 1060. The van der Waals surface area contributed by atoms with Gasteiger partial charge in [0.2, 0.25) is 11.8 Å². The van der Waals surface area contributed by atoms with Gasteiger partial charge in [-0.25, -0.2) is 4.68 Å². The van der Waals surface area contributed by atoms with E-state index >= 15 is 0 Å². The van der Waals surface area contributed by atoms with Crippen LogP contribution in [0.5, 0.6) is 0 Å². The number of nitrogen functional groups attached to an aromatic ring is 1. The van der Waals surface area contributed by atoms with Crippen LogP contribution in [-0.2, 0) is 29.2 Å². The molecule has 1 aromatic heterocycles. The Kier molecular flexibility index (Phi) is 4.27. The molecule has 3 amide bonds. The fraction of sp³-hybridized carbons (Fsp3) is 0.429. The summed E-state index contributed by atoms with van der Waals surface area (Å²) in [6, 6.07) is 5.31. The van der Waals surface area contributed by atoms with E-state index < -0.39 is 11.9 Å². The lowest BCUT2D eigenvalue weighted by Crippen LogP contribution is -2.52. The van der Waals surface area contributed by atoms with E-state index in [-0.39, 0.29) is 18.2 Å². The molecule has 3 aliphatic heterocycles. The van der Waals surface area contributed by atoms with Crippen molar-refractivity contribution in [2.45, 2.75) is 45.4 Å². The summed E-state index contributed by atoms with van der Waals surface area (Å²) >= 11 is 0. The molecule has 1 saturated heterocycles. The zero-order valence-corrected chi connectivity index (χ0v) is 16.8. The number of benzene rings is 1. The van der Waals surface area contributed by atoms with Crippen LogP contribution in [0.3, 0.4) is 0 Å². The van der Waals surface area contributed by atoms with Gasteiger partial charge in [-0.2, -0.15) is 5.10 Å². The second kappa shape index (κ2) is 6.86. The fourth-order valence-electron chi connectivity index (χ4n) is 4.75. The summed E-state index contributed by atoms with van der Waals surface area (Å²) in [5, 5.41) is 6.71. The van der Waals surface area contributed by atoms with Gasteiger partial charge in [-0.3, -0.25) is 19.7 Å². The van der Waals surface area contributed by atoms with Crippen LogP contribution in [-0.4, -0.2) is 45.0 Å². The average Bonchev–Trinajstić information content (AvgIpc) is 3.22. The van der Waals surface area contributed by atoms with Crippen molar-refractivity contribution < 1.29 is 14.4 Å². The molecule has 9 heteroatoms. The van der Waals surface area contributed by atoms with Crippen molar-refractivity contribution in [3.8, 4) is 0 Å². The van der Waals surface area contributed by atoms with Crippen LogP contribution in [0.4, 0.5) is 11.5 Å². The van der Waals surface area contributed by atoms with E-state index in [9.17, 15) is 14.4 Å². The maximum absolute atomic E-state index is 13.0. The Balaban J connectivity index is 1.38. The first kappa shape index (κ1) is 18.7. The van der Waals surface area contributed by atoms with Gasteiger partial charge in [0.05, 0.1) is 11.9 Å². The standard InChI is InChI=1S/C21H24N6O3/c1-12-8-25(20-16(22)7-23-27(20)9-12)10-13-2-3-14-11-26(21(30)15(14)6-13)17-4-5-18(28)24-19(17)29/h2-3,6-7,12,17H,4-5,8-11,22H2,1H3,(H,24,28,29). The highest BCUT2D eigenvalue weighted by Crippen LogP contribution is 2.32. The minimum atomic E-state index is -0.594. The van der Waals surface area contributed by atoms with Crippen LogP contribution >= 0.6 is 0 Å². The van der Waals surface area contributed by atoms with Crippen molar-refractivity contribution in [3.05, 3.63) is 41.1 Å². The monoisotopic (exact) mass is 408 g/mol. The fourth-order valence-corrected chi connectivity index (χ4v) is 4.75. The molecule has 2 atom stereocenters. The molecule has 0 aliphatic carbocycles. The Hall–Kier alpha value is -3.36. The third kappa shape index (κ3) is 3.01. The normalized spacial score (nSPS) is 23.4. The van der Waals surface area contributed by atoms with Gasteiger partial charge in [0.15, 0.2) is 5.82 Å². The molecule has 9 nitrogen and oxygen atoms in total. The second-order valence-corrected chi connectivity index (χ2v) is 8.48. The van der Waals surface area contributed by atoms with Gasteiger partial charge in [0.1, 0.15) is 6.04 Å². The van der Waals surface area contributed by atoms with E-state index in [0.29, 0.717) is 36.7 Å². The Morgan fingerprint density at radius 1 is 1.23 bits per heavy atom. The maximum atomic E-state index is 13.0. The number of carbonyl (C=O) groups is 3. The summed E-state index contributed by atoms with van der Waals surface area (Å²) in [5.74, 6) is 0.537. The van der Waals surface area contributed by atoms with Gasteiger partial charge in [-0.15, -0.1) is 0 Å². The number of carbonyl (C=O) groups excluding carboxylic acids is 3. The van der Waals surface area contributed by atoms with Crippen LogP contribution in [0, 0.1) is 5.92 Å². The number of nitrogens with two attached hydrogens (primary N) is 1. The van der Waals surface area contributed by atoms with E-state index in [1.807, 2.05) is 22.9 Å². The zero-order chi connectivity index (χ0) is 21.0. The number of imide groups is 1. The molecule has 0 radical (unpaired) electrons. The van der Waals surface area contributed by atoms with E-state index in [0.717, 1.165) is 30.0 Å². The third-order valence-corrected chi connectivity index (χ3v) is 6.12. The average molecular weight is 408 g/mol. The van der Waals surface area contributed by atoms with Gasteiger partial charge in [-0.1, -0.05) is 19.1 Å². The summed E-state index contributed by atoms with van der Waals surface area (Å²) in [5.41, 5.74) is 9.34. The van der Waals surface area contributed by atoms with Crippen LogP contribution in [0.15, 0.2) is 24.4 Å². The van der Waals surface area contributed by atoms with E-state index in [1.54, 1.807) is 11.1 Å². The number of anilines is 2. The van der Waals surface area contributed by atoms with Gasteiger partial charge >= 0.3 is 0 Å². The maximum Gasteiger partial charge on any atom is 0.255 e. The summed E-state index contributed by atoms with van der Waals surface area (Å²) < 4.78 is 1.94. The molecule has 2 aromatic rings. The molecule has 156 valence electrons. The van der Waals surface area contributed by atoms with Crippen LogP contribution in [0.2, 0.25) is 0 Å². The minimum Gasteiger partial charge on any atom is -0.394 e. The molecular formula is C21H24N6O3. The SMILES string of the molecule is CC1CN(Cc2ccc3c(c2)C(=O)N(C2CCC(=O)NC2=O)C3)c2c(N)cnn2C1. The van der Waals surface area contributed by atoms with Crippen molar-refractivity contribution in [3.63, 3.8) is 0 Å². The first-order valence-corrected chi connectivity index (χ1v) is 10.2. The van der Waals surface area contributed by atoms with Crippen molar-refractivity contribution in [2.24, 2.45) is 5.92 Å². The summed E-state index contributed by atoms with van der Waals surface area (Å²) in [6.45, 7) is 4.90. The van der Waals surface area contributed by atoms with Crippen LogP contribution in [0.1, 0.15) is 41.3 Å². The molecule has 3 aliphatic rings. The molecular weight excluding hydrogens is 384 g/mol. The highest BCUT2D eigenvalue weighted by atomic mass is 16.2. The number of fused-ring (bicyclic) bond motifs is 2. The first-order chi connectivity index (χ1) is 14.4. The minimum absolute atomic E-state index is 0.155. The molecule has 1 aromatic carbocycles. The lowest BCUT2D eigenvalue weighted by molar-refractivity contribution is -0.136. The predicted molar refractivity (Wildman–Crippen MR) is 109 cm³/mol. The quantitative estimate of drug-likeness (QED) is 0.729. The van der Waals surface area contributed by atoms with Gasteiger partial charge in [0.25, 0.3) is 5.91 Å². The second-order valence-electron chi connectivity index (χ2n) is 8.48. The smallest absolute Gasteiger partial charge is 0.255 e. The molecule has 0 bridgehead atoms. The lowest BCUT2D eigenvalue weighted by Gasteiger charge is -2.33. The Morgan fingerprint density at radius 3 is 2.87 bits per heavy atom. The number of rotatable bonds is 3. The lowest BCUT2D eigenvalue weighted by atomic mass is 10.0. The summed E-state index contributed by atoms with van der Waals surface area (Å²) in [4.78, 5) is 40.5. The number of hydrogen-bond donors (Lipinski definition) is 2. The topological polar surface area (TPSA) is 114 Å². The van der Waals surface area contributed by atoms with Gasteiger partial charge < -0.3 is 15.5 Å². The number of hydrogen-bond acceptors (Lipinski definition) is 6. The zero-order valence-electron chi connectivity index (χ0n) is 16.8. The summed E-state index contributed by atoms with van der Waals surface area (Å²) in [6.07, 6.45) is 2.31. The number of nitrogens with one attached hydrogen (secondary N) is 1. The largest absolute Gasteiger partial charge is 0.394 e. The Labute approximate surface area is 173 Å². The first-order valence-electron chi connectivity index (χ1n) is 10.2. The number of nitrogens with zero attached hydrogens (tertiary/aromatic N) is 4.